The van der Waals surface area contributed by atoms with Crippen molar-refractivity contribution >= 4 is 46.9 Å². The minimum absolute atomic E-state index is 0.0689. The molecule has 0 aromatic carbocycles. The van der Waals surface area contributed by atoms with Gasteiger partial charge in [0.1, 0.15) is 11.4 Å². The Bertz CT molecular complexity index is 1450. The molecule has 0 radical (unpaired) electrons. The van der Waals surface area contributed by atoms with Gasteiger partial charge in [0.25, 0.3) is 0 Å². The van der Waals surface area contributed by atoms with Crippen molar-refractivity contribution in [3.05, 3.63) is 23.8 Å². The summed E-state index contributed by atoms with van der Waals surface area (Å²) < 4.78 is 28.0. The van der Waals surface area contributed by atoms with Gasteiger partial charge in [0.15, 0.2) is 18.1 Å². The van der Waals surface area contributed by atoms with E-state index in [1.165, 1.54) is 31.0 Å². The van der Waals surface area contributed by atoms with Gasteiger partial charge in [-0.3, -0.25) is 33.7 Å². The first-order valence-corrected chi connectivity index (χ1v) is 17.8. The van der Waals surface area contributed by atoms with Gasteiger partial charge in [0.05, 0.1) is 31.0 Å². The Balaban J connectivity index is 1.09. The molecule has 0 bridgehead atoms. The monoisotopic (exact) mass is 691 g/mol. The third-order valence-electron chi connectivity index (χ3n) is 12.0. The van der Waals surface area contributed by atoms with Crippen LogP contribution >= 0.6 is 11.8 Å². The third-order valence-corrected chi connectivity index (χ3v) is 13.2. The van der Waals surface area contributed by atoms with Crippen molar-refractivity contribution in [3.8, 4) is 0 Å². The van der Waals surface area contributed by atoms with E-state index in [4.69, 9.17) is 9.47 Å². The molecule has 5 aliphatic rings. The van der Waals surface area contributed by atoms with E-state index >= 15 is 4.39 Å². The summed E-state index contributed by atoms with van der Waals surface area (Å²) in [6.45, 7) is 4.86. The highest BCUT2D eigenvalue weighted by molar-refractivity contribution is 8.00. The lowest BCUT2D eigenvalue weighted by molar-refractivity contribution is -0.220. The molecule has 0 aromatic heterocycles. The number of ether oxygens (including phenoxy) is 2. The van der Waals surface area contributed by atoms with Crippen molar-refractivity contribution < 1.29 is 52.8 Å². The van der Waals surface area contributed by atoms with Crippen LogP contribution < -0.4 is 0 Å². The first-order chi connectivity index (χ1) is 22.5. The maximum Gasteiger partial charge on any atom is 0.306 e. The Labute approximate surface area is 284 Å². The SMILES string of the molecule is C[C@@H]1C[C@H]2[C@@H]3CCC4=CC(=O)C=C[C@]4(C)[C@@]3(F)[C@@H](O)C[C@]2(C)[C@@]1(O)C(=O)COC(=O)CCC(=O)CCOCCSC1CC(=O)N(C)C1=O. The largest absolute Gasteiger partial charge is 0.458 e. The normalized spacial score (nSPS) is 38.7. The summed E-state index contributed by atoms with van der Waals surface area (Å²) in [5, 5.41) is 23.1. The summed E-state index contributed by atoms with van der Waals surface area (Å²) in [7, 11) is 1.46. The second kappa shape index (κ2) is 13.5. The Hall–Kier alpha value is -2.74. The number of ketones is 3. The zero-order chi connectivity index (χ0) is 35.2. The van der Waals surface area contributed by atoms with E-state index in [9.17, 15) is 39.0 Å². The van der Waals surface area contributed by atoms with Gasteiger partial charge in [-0.2, -0.15) is 0 Å². The number of carbonyl (C=O) groups excluding carboxylic acids is 6. The lowest BCUT2D eigenvalue weighted by Crippen LogP contribution is -2.69. The fraction of sp³-hybridized carbons (Fsp3) is 0.714. The predicted molar refractivity (Wildman–Crippen MR) is 172 cm³/mol. The van der Waals surface area contributed by atoms with Crippen molar-refractivity contribution in [2.45, 2.75) is 94.8 Å². The lowest BCUT2D eigenvalue weighted by Gasteiger charge is -2.62. The predicted octanol–water partition coefficient (Wildman–Crippen LogP) is 2.69. The molecule has 1 saturated heterocycles. The molecule has 48 heavy (non-hydrogen) atoms. The van der Waals surface area contributed by atoms with Crippen molar-refractivity contribution in [3.63, 3.8) is 0 Å². The summed E-state index contributed by atoms with van der Waals surface area (Å²) in [6.07, 6.45) is 3.71. The molecular formula is C35H46FNO10S. The van der Waals surface area contributed by atoms with Gasteiger partial charge in [-0.15, -0.1) is 11.8 Å². The number of Topliss-reactive ketones (excluding diaryl/α,β-unsaturated/α-hetero) is 2. The molecule has 5 rings (SSSR count). The highest BCUT2D eigenvalue weighted by atomic mass is 32.2. The van der Waals surface area contributed by atoms with Gasteiger partial charge < -0.3 is 19.7 Å². The first kappa shape index (κ1) is 36.5. The van der Waals surface area contributed by atoms with E-state index in [-0.39, 0.29) is 62.1 Å². The van der Waals surface area contributed by atoms with Gasteiger partial charge in [0, 0.05) is 48.8 Å². The van der Waals surface area contributed by atoms with Crippen LogP contribution in [-0.4, -0.2) is 105 Å². The molecule has 2 N–H and O–H groups in total. The third kappa shape index (κ3) is 5.92. The number of alkyl halides is 1. The number of imide groups is 1. The molecule has 3 saturated carbocycles. The van der Waals surface area contributed by atoms with Gasteiger partial charge >= 0.3 is 5.97 Å². The number of aliphatic hydroxyl groups is 2. The number of amides is 2. The number of fused-ring (bicyclic) bond motifs is 5. The average Bonchev–Trinajstić information content (AvgIpc) is 3.40. The van der Waals surface area contributed by atoms with Crippen molar-refractivity contribution in [1.29, 1.82) is 0 Å². The Morgan fingerprint density at radius 3 is 2.52 bits per heavy atom. The quantitative estimate of drug-likeness (QED) is 0.166. The number of allylic oxidation sites excluding steroid dienone is 4. The molecule has 1 aliphatic heterocycles. The molecule has 11 nitrogen and oxygen atoms in total. The molecule has 0 aromatic rings. The van der Waals surface area contributed by atoms with Crippen LogP contribution in [0.4, 0.5) is 4.39 Å². The van der Waals surface area contributed by atoms with Crippen LogP contribution in [0, 0.1) is 28.6 Å². The van der Waals surface area contributed by atoms with E-state index in [1.54, 1.807) is 26.8 Å². The van der Waals surface area contributed by atoms with E-state index in [1.807, 2.05) is 0 Å². The van der Waals surface area contributed by atoms with E-state index in [2.05, 4.69) is 0 Å². The molecule has 9 atom stereocenters. The standard InChI is InChI=1S/C35H46FNO10S/c1-20-15-25-24-7-5-21-16-23(39)9-11-32(21,2)34(24,36)27(40)18-33(25,3)35(20,45)28(41)19-47-30(43)8-6-22(38)10-12-46-13-14-48-26-17-29(42)37(4)31(26)44/h9,11,16,20,24-27,40,45H,5-8,10,12-15,17-19H2,1-4H3/t20-,24+,25+,26?,27+,32+,33+,34+,35+/m1/s1. The summed E-state index contributed by atoms with van der Waals surface area (Å²) in [5.74, 6) is -3.57. The number of hydrogen-bond donors (Lipinski definition) is 2. The van der Waals surface area contributed by atoms with Crippen LogP contribution in [-0.2, 0) is 38.2 Å². The minimum Gasteiger partial charge on any atom is -0.458 e. The summed E-state index contributed by atoms with van der Waals surface area (Å²) in [4.78, 5) is 75.1. The van der Waals surface area contributed by atoms with Crippen molar-refractivity contribution in [2.75, 3.05) is 32.6 Å². The van der Waals surface area contributed by atoms with E-state index in [0.717, 1.165) is 4.90 Å². The maximum absolute atomic E-state index is 17.3. The van der Waals surface area contributed by atoms with Gasteiger partial charge in [-0.1, -0.05) is 25.5 Å². The molecule has 0 spiro atoms. The van der Waals surface area contributed by atoms with Crippen LogP contribution in [0.5, 0.6) is 0 Å². The number of carbonyl (C=O) groups is 6. The number of halogens is 1. The number of likely N-dealkylation sites (tertiary alicyclic amines) is 1. The fourth-order valence-electron chi connectivity index (χ4n) is 9.22. The highest BCUT2D eigenvalue weighted by Crippen LogP contribution is 2.70. The van der Waals surface area contributed by atoms with Crippen molar-refractivity contribution in [2.24, 2.45) is 28.6 Å². The average molecular weight is 692 g/mol. The lowest BCUT2D eigenvalue weighted by atomic mass is 9.44. The topological polar surface area (TPSA) is 165 Å². The molecule has 13 heteroatoms. The minimum atomic E-state index is -2.09. The number of rotatable bonds is 13. The van der Waals surface area contributed by atoms with Crippen LogP contribution in [0.25, 0.3) is 0 Å². The van der Waals surface area contributed by atoms with Crippen LogP contribution in [0.15, 0.2) is 23.8 Å². The van der Waals surface area contributed by atoms with Gasteiger partial charge in [-0.25, -0.2) is 4.39 Å². The second-order valence-electron chi connectivity index (χ2n) is 14.5. The Morgan fingerprint density at radius 1 is 1.10 bits per heavy atom. The zero-order valence-corrected chi connectivity index (χ0v) is 28.8. The maximum atomic E-state index is 17.3. The molecule has 4 fully saturated rings. The number of aliphatic hydroxyl groups excluding tert-OH is 1. The van der Waals surface area contributed by atoms with E-state index < -0.39 is 69.6 Å². The molecule has 1 heterocycles. The summed E-state index contributed by atoms with van der Waals surface area (Å²) in [5.41, 5.74) is -5.79. The summed E-state index contributed by atoms with van der Waals surface area (Å²) >= 11 is 1.33. The number of nitrogens with zero attached hydrogens (tertiary/aromatic N) is 1. The zero-order valence-electron chi connectivity index (χ0n) is 28.0. The smallest absolute Gasteiger partial charge is 0.306 e. The number of thioether (sulfide) groups is 1. The number of esters is 1. The number of hydrogen-bond acceptors (Lipinski definition) is 11. The fourth-order valence-corrected chi connectivity index (χ4v) is 10.3. The first-order valence-electron chi connectivity index (χ1n) is 16.7. The van der Waals surface area contributed by atoms with Crippen LogP contribution in [0.3, 0.4) is 0 Å². The molecular weight excluding hydrogens is 645 g/mol. The molecule has 1 unspecified atom stereocenters. The molecule has 2 amide bonds. The highest BCUT2D eigenvalue weighted by Gasteiger charge is 2.75. The van der Waals surface area contributed by atoms with Crippen LogP contribution in [0.1, 0.15) is 72.1 Å². The Kier molecular flexibility index (Phi) is 10.3. The van der Waals surface area contributed by atoms with E-state index in [0.29, 0.717) is 37.2 Å². The summed E-state index contributed by atoms with van der Waals surface area (Å²) in [6, 6.07) is 0. The van der Waals surface area contributed by atoms with Crippen LogP contribution in [0.2, 0.25) is 0 Å². The van der Waals surface area contributed by atoms with Gasteiger partial charge in [0.2, 0.25) is 17.6 Å². The molecule has 264 valence electrons. The van der Waals surface area contributed by atoms with Gasteiger partial charge in [-0.05, 0) is 56.6 Å². The molecule has 4 aliphatic carbocycles. The Morgan fingerprint density at radius 2 is 1.83 bits per heavy atom. The van der Waals surface area contributed by atoms with Crippen molar-refractivity contribution in [1.82, 2.24) is 4.90 Å². The second-order valence-corrected chi connectivity index (χ2v) is 15.8.